The first kappa shape index (κ1) is 16.9. The molecule has 4 nitrogen and oxygen atoms in total. The molecule has 0 saturated carbocycles. The molecular weight excluding hydrogens is 340 g/mol. The van der Waals surface area contributed by atoms with Gasteiger partial charge in [0.05, 0.1) is 5.75 Å². The molecule has 0 spiro atoms. The molecule has 0 amide bonds. The first-order valence-corrected chi connectivity index (χ1v) is 9.91. The minimum atomic E-state index is 0.569. The molecule has 0 N–H and O–H groups in total. The molecule has 3 aromatic rings. The molecule has 6 heteroatoms. The van der Waals surface area contributed by atoms with Gasteiger partial charge in [0, 0.05) is 5.75 Å². The van der Waals surface area contributed by atoms with E-state index in [0.717, 1.165) is 28.4 Å². The Morgan fingerprint density at radius 2 is 1.79 bits per heavy atom. The van der Waals surface area contributed by atoms with Gasteiger partial charge >= 0.3 is 0 Å². The van der Waals surface area contributed by atoms with E-state index in [9.17, 15) is 0 Å². The second-order valence-corrected chi connectivity index (χ2v) is 6.90. The van der Waals surface area contributed by atoms with Crippen LogP contribution in [0.15, 0.2) is 64.2 Å². The molecule has 1 aromatic heterocycles. The van der Waals surface area contributed by atoms with E-state index in [1.807, 2.05) is 36.6 Å². The van der Waals surface area contributed by atoms with Crippen LogP contribution < -0.4 is 4.74 Å². The van der Waals surface area contributed by atoms with Gasteiger partial charge in [-0.15, -0.1) is 10.2 Å². The SMILES string of the molecule is CSCc1nnc(SCc2cccc(OCc3ccccc3)c2)o1. The van der Waals surface area contributed by atoms with Gasteiger partial charge in [-0.3, -0.25) is 0 Å². The summed E-state index contributed by atoms with van der Waals surface area (Å²) in [5.74, 6) is 3.05. The van der Waals surface area contributed by atoms with Crippen molar-refractivity contribution in [1.82, 2.24) is 10.2 Å². The van der Waals surface area contributed by atoms with Crippen molar-refractivity contribution in [2.45, 2.75) is 23.3 Å². The van der Waals surface area contributed by atoms with Gasteiger partial charge in [0.25, 0.3) is 5.22 Å². The van der Waals surface area contributed by atoms with Gasteiger partial charge < -0.3 is 9.15 Å². The third kappa shape index (κ3) is 5.04. The molecule has 24 heavy (non-hydrogen) atoms. The van der Waals surface area contributed by atoms with Gasteiger partial charge in [0.1, 0.15) is 12.4 Å². The van der Waals surface area contributed by atoms with Gasteiger partial charge in [-0.1, -0.05) is 54.2 Å². The Morgan fingerprint density at radius 3 is 2.62 bits per heavy atom. The maximum atomic E-state index is 5.86. The van der Waals surface area contributed by atoms with Crippen molar-refractivity contribution in [1.29, 1.82) is 0 Å². The molecule has 0 aliphatic carbocycles. The van der Waals surface area contributed by atoms with Crippen LogP contribution in [0.3, 0.4) is 0 Å². The molecule has 0 saturated heterocycles. The summed E-state index contributed by atoms with van der Waals surface area (Å²) >= 11 is 3.20. The van der Waals surface area contributed by atoms with Crippen LogP contribution in [0, 0.1) is 0 Å². The molecule has 0 unspecified atom stereocenters. The van der Waals surface area contributed by atoms with E-state index in [0.29, 0.717) is 17.7 Å². The van der Waals surface area contributed by atoms with Crippen LogP contribution in [0.2, 0.25) is 0 Å². The van der Waals surface area contributed by atoms with Gasteiger partial charge in [-0.05, 0) is 29.5 Å². The summed E-state index contributed by atoms with van der Waals surface area (Å²) in [6, 6.07) is 18.2. The van der Waals surface area contributed by atoms with Gasteiger partial charge in [-0.25, -0.2) is 0 Å². The maximum absolute atomic E-state index is 5.86. The van der Waals surface area contributed by atoms with E-state index in [1.165, 1.54) is 11.8 Å². The number of ether oxygens (including phenoxy) is 1. The Labute approximate surface area is 150 Å². The van der Waals surface area contributed by atoms with Crippen LogP contribution in [0.5, 0.6) is 5.75 Å². The summed E-state index contributed by atoms with van der Waals surface area (Å²) in [6.45, 7) is 0.569. The number of hydrogen-bond donors (Lipinski definition) is 0. The second-order valence-electron chi connectivity index (χ2n) is 5.11. The number of thioether (sulfide) groups is 2. The third-order valence-corrected chi connectivity index (χ3v) is 4.65. The molecule has 0 aliphatic rings. The van der Waals surface area contributed by atoms with Crippen molar-refractivity contribution in [3.63, 3.8) is 0 Å². The van der Waals surface area contributed by atoms with Crippen LogP contribution in [-0.2, 0) is 18.1 Å². The Bertz CT molecular complexity index is 762. The summed E-state index contributed by atoms with van der Waals surface area (Å²) in [5, 5.41) is 8.67. The van der Waals surface area contributed by atoms with Crippen molar-refractivity contribution >= 4 is 23.5 Å². The fourth-order valence-corrected chi connectivity index (χ4v) is 3.18. The molecule has 0 radical (unpaired) electrons. The summed E-state index contributed by atoms with van der Waals surface area (Å²) in [4.78, 5) is 0. The van der Waals surface area contributed by atoms with Crippen molar-refractivity contribution in [2.24, 2.45) is 0 Å². The highest BCUT2D eigenvalue weighted by molar-refractivity contribution is 7.98. The number of rotatable bonds is 8. The summed E-state index contributed by atoms with van der Waals surface area (Å²) in [7, 11) is 0. The van der Waals surface area contributed by atoms with Crippen LogP contribution in [0.1, 0.15) is 17.0 Å². The second kappa shape index (κ2) is 8.80. The van der Waals surface area contributed by atoms with Crippen LogP contribution >= 0.6 is 23.5 Å². The normalized spacial score (nSPS) is 10.7. The number of nitrogens with zero attached hydrogens (tertiary/aromatic N) is 2. The molecule has 0 aliphatic heterocycles. The highest BCUT2D eigenvalue weighted by Gasteiger charge is 2.07. The maximum Gasteiger partial charge on any atom is 0.276 e. The van der Waals surface area contributed by atoms with Crippen LogP contribution in [0.25, 0.3) is 0 Å². The standard InChI is InChI=1S/C18H18N2O2S2/c1-23-13-17-19-20-18(22-17)24-12-15-8-5-9-16(10-15)21-11-14-6-3-2-4-7-14/h2-10H,11-13H2,1H3. The fourth-order valence-electron chi connectivity index (χ4n) is 2.09. The molecule has 3 rings (SSSR count). The number of benzene rings is 2. The van der Waals surface area contributed by atoms with Gasteiger partial charge in [0.2, 0.25) is 5.89 Å². The zero-order chi connectivity index (χ0) is 16.6. The van der Waals surface area contributed by atoms with Gasteiger partial charge in [0.15, 0.2) is 0 Å². The molecule has 0 atom stereocenters. The lowest BCUT2D eigenvalue weighted by molar-refractivity contribution is 0.306. The third-order valence-electron chi connectivity index (χ3n) is 3.23. The average molecular weight is 358 g/mol. The monoisotopic (exact) mass is 358 g/mol. The van der Waals surface area contributed by atoms with E-state index < -0.39 is 0 Å². The van der Waals surface area contributed by atoms with E-state index in [-0.39, 0.29) is 0 Å². The zero-order valence-electron chi connectivity index (χ0n) is 13.3. The number of aromatic nitrogens is 2. The molecule has 0 bridgehead atoms. The predicted octanol–water partition coefficient (Wildman–Crippen LogP) is 4.80. The lowest BCUT2D eigenvalue weighted by Crippen LogP contribution is -1.95. The largest absolute Gasteiger partial charge is 0.489 e. The van der Waals surface area contributed by atoms with Gasteiger partial charge in [-0.2, -0.15) is 11.8 Å². The Balaban J connectivity index is 1.54. The first-order valence-electron chi connectivity index (χ1n) is 7.53. The van der Waals surface area contributed by atoms with Crippen molar-refractivity contribution < 1.29 is 9.15 Å². The number of hydrogen-bond acceptors (Lipinski definition) is 6. The van der Waals surface area contributed by atoms with E-state index in [4.69, 9.17) is 9.15 Å². The average Bonchev–Trinajstić information content (AvgIpc) is 3.07. The predicted molar refractivity (Wildman–Crippen MR) is 98.3 cm³/mol. The smallest absolute Gasteiger partial charge is 0.276 e. The van der Waals surface area contributed by atoms with Crippen LogP contribution in [0.4, 0.5) is 0 Å². The Kier molecular flexibility index (Phi) is 6.20. The van der Waals surface area contributed by atoms with Crippen LogP contribution in [-0.4, -0.2) is 16.5 Å². The summed E-state index contributed by atoms with van der Waals surface area (Å²) in [6.07, 6.45) is 2.01. The minimum absolute atomic E-state index is 0.569. The summed E-state index contributed by atoms with van der Waals surface area (Å²) in [5.41, 5.74) is 2.32. The highest BCUT2D eigenvalue weighted by Crippen LogP contribution is 2.24. The Morgan fingerprint density at radius 1 is 0.958 bits per heavy atom. The van der Waals surface area contributed by atoms with Crippen molar-refractivity contribution in [2.75, 3.05) is 6.26 Å². The van der Waals surface area contributed by atoms with E-state index >= 15 is 0 Å². The highest BCUT2D eigenvalue weighted by atomic mass is 32.2. The fraction of sp³-hybridized carbons (Fsp3) is 0.222. The first-order chi connectivity index (χ1) is 11.8. The quantitative estimate of drug-likeness (QED) is 0.539. The van der Waals surface area contributed by atoms with Crippen molar-refractivity contribution in [3.05, 3.63) is 71.6 Å². The lowest BCUT2D eigenvalue weighted by Gasteiger charge is -2.07. The van der Waals surface area contributed by atoms with E-state index in [2.05, 4.69) is 34.5 Å². The molecule has 1 heterocycles. The molecule has 0 fully saturated rings. The molecular formula is C18H18N2O2S2. The van der Waals surface area contributed by atoms with E-state index in [1.54, 1.807) is 11.8 Å². The summed E-state index contributed by atoms with van der Waals surface area (Å²) < 4.78 is 11.4. The van der Waals surface area contributed by atoms with Crippen molar-refractivity contribution in [3.8, 4) is 5.75 Å². The zero-order valence-corrected chi connectivity index (χ0v) is 15.0. The Hall–Kier alpha value is -1.92. The lowest BCUT2D eigenvalue weighted by atomic mass is 10.2. The minimum Gasteiger partial charge on any atom is -0.489 e. The molecule has 2 aromatic carbocycles. The molecule has 124 valence electrons. The topological polar surface area (TPSA) is 48.2 Å².